The first kappa shape index (κ1) is 13.8. The van der Waals surface area contributed by atoms with Crippen LogP contribution >= 0.6 is 0 Å². The first-order valence-electron chi connectivity index (χ1n) is 5.39. The van der Waals surface area contributed by atoms with Crippen LogP contribution in [-0.2, 0) is 4.79 Å². The van der Waals surface area contributed by atoms with Crippen LogP contribution in [-0.4, -0.2) is 42.7 Å². The minimum atomic E-state index is -4.40. The van der Waals surface area contributed by atoms with Gasteiger partial charge < -0.3 is 5.32 Å². The topological polar surface area (TPSA) is 56.1 Å². The number of likely N-dealkylation sites (tertiary alicyclic amines) is 1. The molecule has 0 saturated carbocycles. The highest BCUT2D eigenvalue weighted by Crippen LogP contribution is 2.16. The lowest BCUT2D eigenvalue weighted by Gasteiger charge is -2.30. The predicted octanol–water partition coefficient (Wildman–Crippen LogP) is 1.04. The second-order valence-corrected chi connectivity index (χ2v) is 4.00. The van der Waals surface area contributed by atoms with Gasteiger partial charge in [-0.3, -0.25) is 9.69 Å². The molecule has 0 spiro atoms. The van der Waals surface area contributed by atoms with Gasteiger partial charge in [0.25, 0.3) is 0 Å². The van der Waals surface area contributed by atoms with Gasteiger partial charge in [0.15, 0.2) is 0 Å². The number of amides is 1. The molecule has 1 amide bonds. The molecule has 1 aliphatic heterocycles. The molecule has 0 aromatic carbocycles. The number of nitriles is 1. The van der Waals surface area contributed by atoms with Crippen molar-refractivity contribution >= 4 is 5.91 Å². The van der Waals surface area contributed by atoms with Crippen molar-refractivity contribution in [1.82, 2.24) is 10.2 Å². The van der Waals surface area contributed by atoms with Crippen LogP contribution in [0.15, 0.2) is 0 Å². The van der Waals surface area contributed by atoms with Crippen LogP contribution in [0, 0.1) is 11.3 Å². The number of alkyl halides is 3. The van der Waals surface area contributed by atoms with E-state index in [1.54, 1.807) is 10.2 Å². The van der Waals surface area contributed by atoms with Crippen LogP contribution in [0.3, 0.4) is 0 Å². The highest BCUT2D eigenvalue weighted by Gasteiger charge is 2.29. The second-order valence-electron chi connectivity index (χ2n) is 4.00. The van der Waals surface area contributed by atoms with E-state index in [-0.39, 0.29) is 12.6 Å². The maximum absolute atomic E-state index is 11.9. The number of nitrogens with zero attached hydrogens (tertiary/aromatic N) is 2. The minimum Gasteiger partial charge on any atom is -0.346 e. The molecule has 96 valence electrons. The van der Waals surface area contributed by atoms with E-state index < -0.39 is 18.6 Å². The summed E-state index contributed by atoms with van der Waals surface area (Å²) in [6.07, 6.45) is -1.95. The van der Waals surface area contributed by atoms with Gasteiger partial charge in [0.1, 0.15) is 6.54 Å². The van der Waals surface area contributed by atoms with Crippen LogP contribution in [0.4, 0.5) is 13.2 Å². The standard InChI is InChI=1S/C10H14F3N3O/c11-10(12,13)7-15-9(17)6-16-4-2-1-3-8(16)5-14/h8H,1-4,6-7H2,(H,15,17). The van der Waals surface area contributed by atoms with Gasteiger partial charge in [-0.1, -0.05) is 0 Å². The van der Waals surface area contributed by atoms with Crippen molar-refractivity contribution in [3.8, 4) is 6.07 Å². The van der Waals surface area contributed by atoms with Crippen LogP contribution in [0.25, 0.3) is 0 Å². The van der Waals surface area contributed by atoms with Crippen molar-refractivity contribution in [2.24, 2.45) is 0 Å². The molecule has 1 atom stereocenters. The summed E-state index contributed by atoms with van der Waals surface area (Å²) in [5.41, 5.74) is 0. The largest absolute Gasteiger partial charge is 0.405 e. The average molecular weight is 249 g/mol. The van der Waals surface area contributed by atoms with E-state index in [2.05, 4.69) is 6.07 Å². The zero-order chi connectivity index (χ0) is 12.9. The van der Waals surface area contributed by atoms with Crippen molar-refractivity contribution < 1.29 is 18.0 Å². The average Bonchev–Trinajstić information content (AvgIpc) is 2.26. The molecule has 1 heterocycles. The number of carbonyl (C=O) groups excluding carboxylic acids is 1. The lowest BCUT2D eigenvalue weighted by molar-refractivity contribution is -0.139. The summed E-state index contributed by atoms with van der Waals surface area (Å²) in [5.74, 6) is -0.690. The molecule has 1 aliphatic rings. The fourth-order valence-electron chi connectivity index (χ4n) is 1.77. The van der Waals surface area contributed by atoms with E-state index in [9.17, 15) is 18.0 Å². The number of hydrogen-bond donors (Lipinski definition) is 1. The van der Waals surface area contributed by atoms with Gasteiger partial charge in [0, 0.05) is 0 Å². The quantitative estimate of drug-likeness (QED) is 0.813. The minimum absolute atomic E-state index is 0.145. The maximum atomic E-state index is 11.9. The van der Waals surface area contributed by atoms with E-state index in [0.717, 1.165) is 12.8 Å². The molecule has 1 N–H and O–H groups in total. The van der Waals surface area contributed by atoms with Crippen LogP contribution < -0.4 is 5.32 Å². The number of hydrogen-bond acceptors (Lipinski definition) is 3. The Morgan fingerprint density at radius 2 is 2.18 bits per heavy atom. The first-order valence-corrected chi connectivity index (χ1v) is 5.39. The summed E-state index contributed by atoms with van der Waals surface area (Å²) in [7, 11) is 0. The summed E-state index contributed by atoms with van der Waals surface area (Å²) in [4.78, 5) is 12.9. The molecular weight excluding hydrogens is 235 g/mol. The highest BCUT2D eigenvalue weighted by atomic mass is 19.4. The van der Waals surface area contributed by atoms with E-state index in [1.807, 2.05) is 0 Å². The molecule has 0 aromatic heterocycles. The molecule has 17 heavy (non-hydrogen) atoms. The Balaban J connectivity index is 2.37. The number of halogens is 3. The normalized spacial score (nSPS) is 21.9. The third kappa shape index (κ3) is 5.04. The molecule has 0 radical (unpaired) electrons. The summed E-state index contributed by atoms with van der Waals surface area (Å²) >= 11 is 0. The van der Waals surface area contributed by atoms with Gasteiger partial charge in [-0.2, -0.15) is 18.4 Å². The van der Waals surface area contributed by atoms with Gasteiger partial charge >= 0.3 is 6.18 Å². The van der Waals surface area contributed by atoms with E-state index in [0.29, 0.717) is 13.0 Å². The summed E-state index contributed by atoms with van der Waals surface area (Å²) < 4.78 is 35.6. The predicted molar refractivity (Wildman–Crippen MR) is 53.9 cm³/mol. The third-order valence-corrected chi connectivity index (χ3v) is 2.60. The Kier molecular flexibility index (Phi) is 4.75. The zero-order valence-electron chi connectivity index (χ0n) is 9.26. The Morgan fingerprint density at radius 1 is 1.47 bits per heavy atom. The number of carbonyl (C=O) groups is 1. The number of rotatable bonds is 3. The van der Waals surface area contributed by atoms with Crippen LogP contribution in [0.1, 0.15) is 19.3 Å². The molecule has 4 nitrogen and oxygen atoms in total. The monoisotopic (exact) mass is 249 g/mol. The first-order chi connectivity index (χ1) is 7.92. The Labute approximate surface area is 97.4 Å². The van der Waals surface area contributed by atoms with Crippen molar-refractivity contribution in [3.63, 3.8) is 0 Å². The van der Waals surface area contributed by atoms with Crippen LogP contribution in [0.5, 0.6) is 0 Å². The fourth-order valence-corrected chi connectivity index (χ4v) is 1.77. The van der Waals surface area contributed by atoms with Gasteiger partial charge in [-0.15, -0.1) is 0 Å². The SMILES string of the molecule is N#CC1CCCCN1CC(=O)NCC(F)(F)F. The van der Waals surface area contributed by atoms with Crippen molar-refractivity contribution in [3.05, 3.63) is 0 Å². The zero-order valence-corrected chi connectivity index (χ0v) is 9.26. The van der Waals surface area contributed by atoms with Gasteiger partial charge in [-0.25, -0.2) is 0 Å². The van der Waals surface area contributed by atoms with Crippen molar-refractivity contribution in [1.29, 1.82) is 5.26 Å². The Hall–Kier alpha value is -1.29. The third-order valence-electron chi connectivity index (χ3n) is 2.60. The molecule has 7 heteroatoms. The maximum Gasteiger partial charge on any atom is 0.405 e. The Morgan fingerprint density at radius 3 is 2.76 bits per heavy atom. The van der Waals surface area contributed by atoms with E-state index >= 15 is 0 Å². The van der Waals surface area contributed by atoms with Crippen molar-refractivity contribution in [2.45, 2.75) is 31.5 Å². The van der Waals surface area contributed by atoms with Gasteiger partial charge in [-0.05, 0) is 25.8 Å². The molecule has 0 aromatic rings. The van der Waals surface area contributed by atoms with E-state index in [4.69, 9.17) is 5.26 Å². The fraction of sp³-hybridized carbons (Fsp3) is 0.800. The lowest BCUT2D eigenvalue weighted by Crippen LogP contribution is -2.46. The van der Waals surface area contributed by atoms with Crippen molar-refractivity contribution in [2.75, 3.05) is 19.6 Å². The molecule has 0 bridgehead atoms. The molecule has 1 rings (SSSR count). The summed E-state index contributed by atoms with van der Waals surface area (Å²) in [6, 6.07) is 1.69. The molecule has 1 unspecified atom stereocenters. The summed E-state index contributed by atoms with van der Waals surface area (Å²) in [6.45, 7) is -0.886. The molecular formula is C10H14F3N3O. The molecule has 1 saturated heterocycles. The molecule has 0 aliphatic carbocycles. The number of piperidine rings is 1. The number of nitrogens with one attached hydrogen (secondary N) is 1. The summed E-state index contributed by atoms with van der Waals surface area (Å²) in [5, 5.41) is 10.6. The van der Waals surface area contributed by atoms with Gasteiger partial charge in [0.05, 0.1) is 18.7 Å². The Bertz CT molecular complexity index is 311. The second kappa shape index (κ2) is 5.87. The van der Waals surface area contributed by atoms with Crippen LogP contribution in [0.2, 0.25) is 0 Å². The van der Waals surface area contributed by atoms with E-state index in [1.165, 1.54) is 0 Å². The molecule has 1 fully saturated rings. The highest BCUT2D eigenvalue weighted by molar-refractivity contribution is 5.78. The smallest absolute Gasteiger partial charge is 0.346 e. The lowest BCUT2D eigenvalue weighted by atomic mass is 10.0. The van der Waals surface area contributed by atoms with Gasteiger partial charge in [0.2, 0.25) is 5.91 Å².